The SMILES string of the molecule is Cc1ccc(S(=O)(=O)Oc2ccc3[nH]c(=S)[nH]c3c2)cc1. The van der Waals surface area contributed by atoms with Crippen molar-refractivity contribution in [1.82, 2.24) is 9.97 Å². The van der Waals surface area contributed by atoms with Gasteiger partial charge in [-0.05, 0) is 43.4 Å². The highest BCUT2D eigenvalue weighted by molar-refractivity contribution is 7.87. The van der Waals surface area contributed by atoms with Crippen molar-refractivity contribution in [1.29, 1.82) is 0 Å². The smallest absolute Gasteiger partial charge is 0.339 e. The van der Waals surface area contributed by atoms with Crippen LogP contribution in [0.25, 0.3) is 11.0 Å². The van der Waals surface area contributed by atoms with Crippen molar-refractivity contribution in [3.63, 3.8) is 0 Å². The van der Waals surface area contributed by atoms with Crippen LogP contribution < -0.4 is 4.18 Å². The summed E-state index contributed by atoms with van der Waals surface area (Å²) < 4.78 is 30.0. The first-order valence-electron chi connectivity index (χ1n) is 6.17. The van der Waals surface area contributed by atoms with Gasteiger partial charge in [0.1, 0.15) is 10.6 Å². The Kier molecular flexibility index (Phi) is 3.30. The first kappa shape index (κ1) is 13.8. The second-order valence-electron chi connectivity index (χ2n) is 4.64. The number of fused-ring (bicyclic) bond motifs is 1. The highest BCUT2D eigenvalue weighted by Gasteiger charge is 2.16. The Morgan fingerprint density at radius 1 is 1.00 bits per heavy atom. The zero-order valence-electron chi connectivity index (χ0n) is 11.1. The Balaban J connectivity index is 1.96. The van der Waals surface area contributed by atoms with Crippen LogP contribution in [0.1, 0.15) is 5.56 Å². The second kappa shape index (κ2) is 5.01. The van der Waals surface area contributed by atoms with Gasteiger partial charge >= 0.3 is 10.1 Å². The lowest BCUT2D eigenvalue weighted by atomic mass is 10.2. The molecular formula is C14H12N2O3S2. The molecule has 3 aromatic rings. The van der Waals surface area contributed by atoms with Gasteiger partial charge in [-0.1, -0.05) is 17.7 Å². The second-order valence-corrected chi connectivity index (χ2v) is 6.59. The van der Waals surface area contributed by atoms with Crippen LogP contribution in [0.15, 0.2) is 47.4 Å². The van der Waals surface area contributed by atoms with Crippen molar-refractivity contribution in [2.45, 2.75) is 11.8 Å². The molecule has 0 amide bonds. The van der Waals surface area contributed by atoms with E-state index in [1.165, 1.54) is 12.1 Å². The Morgan fingerprint density at radius 2 is 1.67 bits per heavy atom. The lowest BCUT2D eigenvalue weighted by molar-refractivity contribution is 0.486. The highest BCUT2D eigenvalue weighted by atomic mass is 32.2. The van der Waals surface area contributed by atoms with E-state index in [2.05, 4.69) is 9.97 Å². The maximum atomic E-state index is 12.2. The molecule has 7 heteroatoms. The van der Waals surface area contributed by atoms with Gasteiger partial charge in [0.25, 0.3) is 0 Å². The number of aryl methyl sites for hydroxylation is 1. The van der Waals surface area contributed by atoms with Gasteiger partial charge in [-0.2, -0.15) is 8.42 Å². The number of hydrogen-bond donors (Lipinski definition) is 2. The van der Waals surface area contributed by atoms with Crippen LogP contribution in [-0.4, -0.2) is 18.4 Å². The molecule has 0 aliphatic rings. The monoisotopic (exact) mass is 320 g/mol. The predicted octanol–water partition coefficient (Wildman–Crippen LogP) is 3.30. The molecule has 21 heavy (non-hydrogen) atoms. The normalized spacial score (nSPS) is 11.7. The molecule has 0 radical (unpaired) electrons. The van der Waals surface area contributed by atoms with E-state index in [-0.39, 0.29) is 10.6 Å². The lowest BCUT2D eigenvalue weighted by Gasteiger charge is -2.07. The summed E-state index contributed by atoms with van der Waals surface area (Å²) in [6.07, 6.45) is 0. The van der Waals surface area contributed by atoms with E-state index >= 15 is 0 Å². The first-order valence-corrected chi connectivity index (χ1v) is 7.99. The summed E-state index contributed by atoms with van der Waals surface area (Å²) in [5, 5.41) is 0. The van der Waals surface area contributed by atoms with Gasteiger partial charge in [0.15, 0.2) is 4.77 Å². The van der Waals surface area contributed by atoms with Gasteiger partial charge in [-0.25, -0.2) is 0 Å². The van der Waals surface area contributed by atoms with Crippen LogP contribution in [0.2, 0.25) is 0 Å². The van der Waals surface area contributed by atoms with Crippen molar-refractivity contribution in [2.24, 2.45) is 0 Å². The zero-order chi connectivity index (χ0) is 15.0. The topological polar surface area (TPSA) is 75.0 Å². The van der Waals surface area contributed by atoms with Gasteiger partial charge in [0, 0.05) is 6.07 Å². The van der Waals surface area contributed by atoms with E-state index in [0.717, 1.165) is 11.1 Å². The van der Waals surface area contributed by atoms with Crippen molar-refractivity contribution in [3.05, 3.63) is 52.8 Å². The van der Waals surface area contributed by atoms with Crippen LogP contribution in [-0.2, 0) is 10.1 Å². The summed E-state index contributed by atoms with van der Waals surface area (Å²) in [5.41, 5.74) is 2.46. The summed E-state index contributed by atoms with van der Waals surface area (Å²) in [7, 11) is -3.84. The molecule has 2 aromatic carbocycles. The third-order valence-electron chi connectivity index (χ3n) is 3.00. The van der Waals surface area contributed by atoms with E-state index in [1.807, 2.05) is 6.92 Å². The van der Waals surface area contributed by atoms with Crippen molar-refractivity contribution in [2.75, 3.05) is 0 Å². The molecule has 3 rings (SSSR count). The number of H-pyrrole nitrogens is 2. The highest BCUT2D eigenvalue weighted by Crippen LogP contribution is 2.22. The predicted molar refractivity (Wildman–Crippen MR) is 82.5 cm³/mol. The Morgan fingerprint density at radius 3 is 2.38 bits per heavy atom. The molecule has 1 aromatic heterocycles. The molecule has 2 N–H and O–H groups in total. The Labute approximate surface area is 126 Å². The van der Waals surface area contributed by atoms with E-state index in [9.17, 15) is 8.42 Å². The van der Waals surface area contributed by atoms with E-state index in [1.54, 1.807) is 30.3 Å². The lowest BCUT2D eigenvalue weighted by Crippen LogP contribution is -2.09. The summed E-state index contributed by atoms with van der Waals surface area (Å²) in [6.45, 7) is 1.89. The minimum atomic E-state index is -3.84. The molecule has 0 saturated carbocycles. The van der Waals surface area contributed by atoms with E-state index in [0.29, 0.717) is 10.3 Å². The Hall–Kier alpha value is -2.12. The van der Waals surface area contributed by atoms with Crippen LogP contribution in [0.5, 0.6) is 5.75 Å². The standard InChI is InChI=1S/C14H12N2O3S2/c1-9-2-5-11(6-3-9)21(17,18)19-10-4-7-12-13(8-10)16-14(20)15-12/h2-8H,1H3,(H2,15,16,20). The molecule has 0 fully saturated rings. The fraction of sp³-hybridized carbons (Fsp3) is 0.0714. The van der Waals surface area contributed by atoms with E-state index in [4.69, 9.17) is 16.4 Å². The van der Waals surface area contributed by atoms with Gasteiger partial charge in [-0.3, -0.25) is 0 Å². The minimum Gasteiger partial charge on any atom is -0.379 e. The fourth-order valence-electron chi connectivity index (χ4n) is 1.94. The van der Waals surface area contributed by atoms with Gasteiger partial charge < -0.3 is 14.2 Å². The molecule has 0 atom stereocenters. The summed E-state index contributed by atoms with van der Waals surface area (Å²) in [5.74, 6) is 0.230. The zero-order valence-corrected chi connectivity index (χ0v) is 12.7. The minimum absolute atomic E-state index is 0.121. The summed E-state index contributed by atoms with van der Waals surface area (Å²) in [6, 6.07) is 11.4. The van der Waals surface area contributed by atoms with Gasteiger partial charge in [0.05, 0.1) is 11.0 Å². The van der Waals surface area contributed by atoms with Gasteiger partial charge in [0.2, 0.25) is 0 Å². The maximum Gasteiger partial charge on any atom is 0.339 e. The summed E-state index contributed by atoms with van der Waals surface area (Å²) >= 11 is 4.98. The molecule has 0 saturated heterocycles. The largest absolute Gasteiger partial charge is 0.379 e. The molecule has 0 aliphatic heterocycles. The molecule has 0 bridgehead atoms. The van der Waals surface area contributed by atoms with Crippen LogP contribution >= 0.6 is 12.2 Å². The summed E-state index contributed by atoms with van der Waals surface area (Å²) in [4.78, 5) is 5.98. The van der Waals surface area contributed by atoms with Crippen LogP contribution in [0.3, 0.4) is 0 Å². The molecular weight excluding hydrogens is 308 g/mol. The first-order chi connectivity index (χ1) is 9.94. The maximum absolute atomic E-state index is 12.2. The number of benzene rings is 2. The number of hydrogen-bond acceptors (Lipinski definition) is 4. The number of imidazole rings is 1. The van der Waals surface area contributed by atoms with Crippen molar-refractivity contribution >= 4 is 33.4 Å². The third kappa shape index (κ3) is 2.84. The fourth-order valence-corrected chi connectivity index (χ4v) is 3.09. The van der Waals surface area contributed by atoms with E-state index < -0.39 is 10.1 Å². The van der Waals surface area contributed by atoms with Crippen LogP contribution in [0, 0.1) is 11.7 Å². The molecule has 108 valence electrons. The molecule has 1 heterocycles. The number of nitrogens with one attached hydrogen (secondary N) is 2. The average Bonchev–Trinajstić information content (AvgIpc) is 2.78. The Bertz CT molecular complexity index is 954. The molecule has 0 aliphatic carbocycles. The molecule has 0 spiro atoms. The third-order valence-corrected chi connectivity index (χ3v) is 4.47. The van der Waals surface area contributed by atoms with Gasteiger partial charge in [-0.15, -0.1) is 0 Å². The average molecular weight is 320 g/mol. The number of rotatable bonds is 3. The number of aromatic amines is 2. The van der Waals surface area contributed by atoms with Crippen molar-refractivity contribution in [3.8, 4) is 5.75 Å². The van der Waals surface area contributed by atoms with Crippen LogP contribution in [0.4, 0.5) is 0 Å². The number of aromatic nitrogens is 2. The quantitative estimate of drug-likeness (QED) is 0.573. The molecule has 5 nitrogen and oxygen atoms in total. The van der Waals surface area contributed by atoms with Crippen molar-refractivity contribution < 1.29 is 12.6 Å². The molecule has 0 unspecified atom stereocenters.